The highest BCUT2D eigenvalue weighted by Gasteiger charge is 2.21. The molecule has 0 unspecified atom stereocenters. The van der Waals surface area contributed by atoms with E-state index in [9.17, 15) is 34.5 Å². The lowest BCUT2D eigenvalue weighted by atomic mass is 10.1. The normalized spacial score (nSPS) is 18.2. The maximum absolute atomic E-state index is 12.5. The van der Waals surface area contributed by atoms with Crippen LogP contribution in [0.25, 0.3) is 0 Å². The number of amides is 1. The Morgan fingerprint density at radius 1 is 0.647 bits per heavy atom. The predicted molar refractivity (Wildman–Crippen MR) is 126 cm³/mol. The van der Waals surface area contributed by atoms with Gasteiger partial charge >= 0.3 is 17.9 Å². The molecule has 12 nitrogen and oxygen atoms in total. The van der Waals surface area contributed by atoms with Crippen LogP contribution < -0.4 is 5.32 Å². The van der Waals surface area contributed by atoms with Gasteiger partial charge in [-0.3, -0.25) is 38.8 Å². The summed E-state index contributed by atoms with van der Waals surface area (Å²) >= 11 is 0. The summed E-state index contributed by atoms with van der Waals surface area (Å²) in [4.78, 5) is 53.4. The lowest BCUT2D eigenvalue weighted by Gasteiger charge is -2.32. The van der Waals surface area contributed by atoms with Crippen LogP contribution in [0.1, 0.15) is 26.7 Å². The fourth-order valence-electron chi connectivity index (χ4n) is 3.78. The molecule has 12 heteroatoms. The zero-order chi connectivity index (χ0) is 25.5. The Hall–Kier alpha value is -2.28. The first-order valence-corrected chi connectivity index (χ1v) is 11.9. The van der Waals surface area contributed by atoms with E-state index in [0.29, 0.717) is 64.8 Å². The summed E-state index contributed by atoms with van der Waals surface area (Å²) < 4.78 is 0. The number of carboxylic acids is 3. The number of carbonyl (C=O) groups excluding carboxylic acids is 1. The van der Waals surface area contributed by atoms with Crippen molar-refractivity contribution in [3.05, 3.63) is 0 Å². The number of carbonyl (C=O) groups is 4. The lowest BCUT2D eigenvalue weighted by molar-refractivity contribution is -0.140. The van der Waals surface area contributed by atoms with Crippen LogP contribution in [-0.2, 0) is 19.2 Å². The van der Waals surface area contributed by atoms with E-state index in [-0.39, 0.29) is 32.1 Å². The van der Waals surface area contributed by atoms with Crippen LogP contribution >= 0.6 is 0 Å². The average Bonchev–Trinajstić information content (AvgIpc) is 2.71. The Morgan fingerprint density at radius 3 is 1.26 bits per heavy atom. The van der Waals surface area contributed by atoms with Crippen molar-refractivity contribution >= 4 is 23.8 Å². The molecule has 0 aromatic carbocycles. The van der Waals surface area contributed by atoms with Crippen LogP contribution in [0.4, 0.5) is 0 Å². The first-order valence-electron chi connectivity index (χ1n) is 11.9. The molecule has 0 bridgehead atoms. The minimum atomic E-state index is -0.993. The molecule has 0 radical (unpaired) electrons. The number of hydrogen-bond acceptors (Lipinski definition) is 8. The topological polar surface area (TPSA) is 154 Å². The lowest BCUT2D eigenvalue weighted by Crippen LogP contribution is -2.49. The molecule has 1 aliphatic heterocycles. The zero-order valence-electron chi connectivity index (χ0n) is 20.4. The van der Waals surface area contributed by atoms with Crippen molar-refractivity contribution in [3.8, 4) is 0 Å². The van der Waals surface area contributed by atoms with E-state index >= 15 is 0 Å². The summed E-state index contributed by atoms with van der Waals surface area (Å²) in [6, 6.07) is 0. The van der Waals surface area contributed by atoms with Crippen molar-refractivity contribution in [2.75, 3.05) is 85.1 Å². The quantitative estimate of drug-likeness (QED) is 0.251. The van der Waals surface area contributed by atoms with E-state index < -0.39 is 17.9 Å². The highest BCUT2D eigenvalue weighted by Crippen LogP contribution is 2.03. The van der Waals surface area contributed by atoms with Crippen LogP contribution in [0, 0.1) is 5.92 Å². The van der Waals surface area contributed by atoms with Gasteiger partial charge in [-0.15, -0.1) is 0 Å². The first kappa shape index (κ1) is 29.8. The van der Waals surface area contributed by atoms with Gasteiger partial charge in [-0.05, 0) is 18.8 Å². The molecule has 1 aliphatic rings. The van der Waals surface area contributed by atoms with E-state index in [4.69, 9.17) is 0 Å². The molecular weight excluding hydrogens is 446 g/mol. The van der Waals surface area contributed by atoms with Gasteiger partial charge in [-0.2, -0.15) is 0 Å². The molecule has 1 rings (SSSR count). The Kier molecular flexibility index (Phi) is 14.3. The van der Waals surface area contributed by atoms with Gasteiger partial charge in [0, 0.05) is 58.9 Å². The molecule has 196 valence electrons. The third-order valence-electron chi connectivity index (χ3n) is 5.65. The second kappa shape index (κ2) is 16.4. The SMILES string of the molecule is CC(C)CCCNC(=O)CN1CCN(CC(=O)O)CCN(CC(=O)O)CCN(CC(=O)O)CC1. The minimum Gasteiger partial charge on any atom is -0.480 e. The van der Waals surface area contributed by atoms with Gasteiger partial charge in [-0.1, -0.05) is 13.8 Å². The number of rotatable bonds is 12. The Balaban J connectivity index is 2.84. The summed E-state index contributed by atoms with van der Waals surface area (Å²) in [5, 5.41) is 30.7. The maximum Gasteiger partial charge on any atom is 0.317 e. The average molecular weight is 488 g/mol. The van der Waals surface area contributed by atoms with Crippen LogP contribution in [0.2, 0.25) is 0 Å². The minimum absolute atomic E-state index is 0.113. The molecule has 0 aromatic heterocycles. The molecule has 4 N–H and O–H groups in total. The van der Waals surface area contributed by atoms with Crippen LogP contribution in [0.15, 0.2) is 0 Å². The van der Waals surface area contributed by atoms with Crippen LogP contribution in [0.5, 0.6) is 0 Å². The highest BCUT2D eigenvalue weighted by molar-refractivity contribution is 5.78. The van der Waals surface area contributed by atoms with Crippen molar-refractivity contribution in [2.45, 2.75) is 26.7 Å². The largest absolute Gasteiger partial charge is 0.480 e. The molecule has 0 aliphatic carbocycles. The van der Waals surface area contributed by atoms with Gasteiger partial charge in [-0.25, -0.2) is 0 Å². The zero-order valence-corrected chi connectivity index (χ0v) is 20.4. The van der Waals surface area contributed by atoms with E-state index in [1.54, 1.807) is 14.7 Å². The number of nitrogens with one attached hydrogen (secondary N) is 1. The molecule has 1 saturated heterocycles. The fourth-order valence-corrected chi connectivity index (χ4v) is 3.78. The van der Waals surface area contributed by atoms with Gasteiger partial charge < -0.3 is 20.6 Å². The summed E-state index contributed by atoms with van der Waals surface area (Å²) in [7, 11) is 0. The second-order valence-corrected chi connectivity index (χ2v) is 9.17. The van der Waals surface area contributed by atoms with Crippen molar-refractivity contribution < 1.29 is 34.5 Å². The van der Waals surface area contributed by atoms with Crippen molar-refractivity contribution in [2.24, 2.45) is 5.92 Å². The van der Waals surface area contributed by atoms with E-state index in [1.165, 1.54) is 0 Å². The number of hydrogen-bond donors (Lipinski definition) is 4. The van der Waals surface area contributed by atoms with Crippen molar-refractivity contribution in [1.29, 1.82) is 0 Å². The van der Waals surface area contributed by atoms with Gasteiger partial charge in [0.05, 0.1) is 26.2 Å². The fraction of sp³-hybridized carbons (Fsp3) is 0.818. The molecule has 0 aromatic rings. The van der Waals surface area contributed by atoms with Crippen molar-refractivity contribution in [3.63, 3.8) is 0 Å². The third-order valence-corrected chi connectivity index (χ3v) is 5.65. The van der Waals surface area contributed by atoms with E-state index in [2.05, 4.69) is 19.2 Å². The third kappa shape index (κ3) is 14.8. The monoisotopic (exact) mass is 487 g/mol. The Bertz CT molecular complexity index is 630. The van der Waals surface area contributed by atoms with Gasteiger partial charge in [0.15, 0.2) is 0 Å². The summed E-state index contributed by atoms with van der Waals surface area (Å²) in [5.74, 6) is -2.48. The molecule has 1 amide bonds. The molecule has 34 heavy (non-hydrogen) atoms. The van der Waals surface area contributed by atoms with Gasteiger partial charge in [0.25, 0.3) is 0 Å². The molecule has 0 atom stereocenters. The smallest absolute Gasteiger partial charge is 0.317 e. The maximum atomic E-state index is 12.5. The van der Waals surface area contributed by atoms with Gasteiger partial charge in [0.2, 0.25) is 5.91 Å². The summed E-state index contributed by atoms with van der Waals surface area (Å²) in [5.41, 5.74) is 0. The summed E-state index contributed by atoms with van der Waals surface area (Å²) in [6.07, 6.45) is 1.92. The van der Waals surface area contributed by atoms with Crippen molar-refractivity contribution in [1.82, 2.24) is 24.9 Å². The molecule has 1 heterocycles. The molecule has 1 fully saturated rings. The number of carboxylic acid groups (broad SMARTS) is 3. The Labute approximate surface area is 201 Å². The molecule has 0 spiro atoms. The van der Waals surface area contributed by atoms with Crippen LogP contribution in [-0.4, -0.2) is 144 Å². The predicted octanol–water partition coefficient (Wildman–Crippen LogP) is -0.986. The molecular formula is C22H41N5O7. The van der Waals surface area contributed by atoms with E-state index in [1.807, 2.05) is 4.90 Å². The first-order chi connectivity index (χ1) is 16.0. The standard InChI is InChI=1S/C22H41N5O7/c1-18(2)4-3-5-23-19(28)14-24-6-8-25(15-20(29)30)10-12-27(17-22(33)34)13-11-26(9-7-24)16-21(31)32/h18H,3-17H2,1-2H3,(H,23,28)(H,29,30)(H,31,32)(H,33,34). The molecule has 0 saturated carbocycles. The van der Waals surface area contributed by atoms with Crippen LogP contribution in [0.3, 0.4) is 0 Å². The second-order valence-electron chi connectivity index (χ2n) is 9.17. The number of nitrogens with zero attached hydrogens (tertiary/aromatic N) is 4. The van der Waals surface area contributed by atoms with Gasteiger partial charge in [0.1, 0.15) is 0 Å². The summed E-state index contributed by atoms with van der Waals surface area (Å²) in [6.45, 7) is 7.51. The van der Waals surface area contributed by atoms with E-state index in [0.717, 1.165) is 12.8 Å². The number of aliphatic carboxylic acids is 3. The Morgan fingerprint density at radius 2 is 0.971 bits per heavy atom. The highest BCUT2D eigenvalue weighted by atomic mass is 16.4.